The van der Waals surface area contributed by atoms with E-state index >= 15 is 0 Å². The number of aromatic hydroxyl groups is 1. The fourth-order valence-electron chi connectivity index (χ4n) is 9.39. The number of aldehydes is 1. The Hall–Kier alpha value is -6.39. The molecule has 4 aromatic rings. The van der Waals surface area contributed by atoms with Gasteiger partial charge in [0.25, 0.3) is 5.91 Å². The second-order valence-corrected chi connectivity index (χ2v) is 17.1. The zero-order chi connectivity index (χ0) is 44.0. The highest BCUT2D eigenvalue weighted by Gasteiger charge is 2.34. The van der Waals surface area contributed by atoms with Crippen molar-refractivity contribution in [1.82, 2.24) is 35.5 Å². The molecule has 4 amide bonds. The van der Waals surface area contributed by atoms with E-state index in [9.17, 15) is 29.1 Å². The molecule has 4 aliphatic heterocycles. The SMILES string of the molecule is CN(C(=O)c1ccc(N2CCC(C(=O)N3CCN(Cc4cccc(CN(CC5CCCN5)c5cc(-c6ccccc6O)nnc5N)c4)CC3)CC2)cc1C=O)C1CCC(=O)NC1=O. The second-order valence-electron chi connectivity index (χ2n) is 17.1. The van der Waals surface area contributed by atoms with Crippen molar-refractivity contribution in [2.24, 2.45) is 5.92 Å². The molecule has 0 bridgehead atoms. The minimum atomic E-state index is -0.788. The average Bonchev–Trinajstić information content (AvgIpc) is 3.82. The number of nitrogens with one attached hydrogen (secondary N) is 2. The first-order chi connectivity index (χ1) is 30.5. The first-order valence-electron chi connectivity index (χ1n) is 22.0. The number of likely N-dealkylation sites (N-methyl/N-ethyl adjacent to an activating group) is 1. The van der Waals surface area contributed by atoms with Gasteiger partial charge >= 0.3 is 0 Å². The van der Waals surface area contributed by atoms with Crippen molar-refractivity contribution in [2.75, 3.05) is 74.9 Å². The van der Waals surface area contributed by atoms with Gasteiger partial charge in [-0.3, -0.25) is 34.2 Å². The first-order valence-corrected chi connectivity index (χ1v) is 22.0. The van der Waals surface area contributed by atoms with E-state index in [1.807, 2.05) is 29.2 Å². The van der Waals surface area contributed by atoms with Gasteiger partial charge in [0.1, 0.15) is 11.8 Å². The molecule has 0 aliphatic carbocycles. The van der Waals surface area contributed by atoms with Crippen LogP contribution in [0.2, 0.25) is 0 Å². The van der Waals surface area contributed by atoms with Crippen LogP contribution in [-0.2, 0) is 27.5 Å². The Morgan fingerprint density at radius 3 is 2.41 bits per heavy atom. The standard InChI is InChI=1S/C47H56N10O6/c1-53(40-13-14-43(60)50-45(40)61)47(63)37-12-11-36(25-34(37)30-58)55-18-15-33(16-19-55)46(62)56-22-20-54(21-23-56)27-31-6-4-7-32(24-31)28-57(29-35-8-5-17-49-35)41-26-39(51-52-44(41)48)38-9-2-3-10-42(38)59/h2-4,6-7,9-12,24-26,30,33,35,40,49,59H,5,8,13-23,27-29H2,1H3,(H2,48,52)(H,50,60,61). The van der Waals surface area contributed by atoms with Crippen LogP contribution < -0.4 is 26.2 Å². The molecule has 0 spiro atoms. The Morgan fingerprint density at radius 2 is 1.68 bits per heavy atom. The van der Waals surface area contributed by atoms with Crippen molar-refractivity contribution in [1.29, 1.82) is 0 Å². The van der Waals surface area contributed by atoms with Crippen LogP contribution in [0.4, 0.5) is 17.2 Å². The van der Waals surface area contributed by atoms with Crippen LogP contribution in [0.5, 0.6) is 5.75 Å². The second kappa shape index (κ2) is 19.3. The van der Waals surface area contributed by atoms with E-state index in [1.54, 1.807) is 24.3 Å². The smallest absolute Gasteiger partial charge is 0.255 e. The number of benzene rings is 3. The van der Waals surface area contributed by atoms with Gasteiger partial charge in [-0.25, -0.2) is 0 Å². The summed E-state index contributed by atoms with van der Waals surface area (Å²) >= 11 is 0. The van der Waals surface area contributed by atoms with Crippen LogP contribution in [0, 0.1) is 5.92 Å². The summed E-state index contributed by atoms with van der Waals surface area (Å²) in [5.74, 6) is -0.760. The molecule has 2 unspecified atom stereocenters. The third kappa shape index (κ3) is 9.97. The number of nitrogen functional groups attached to an aromatic ring is 1. The summed E-state index contributed by atoms with van der Waals surface area (Å²) in [6.45, 7) is 7.31. The van der Waals surface area contributed by atoms with Gasteiger partial charge in [0.05, 0.1) is 16.9 Å². The lowest BCUT2D eigenvalue weighted by Crippen LogP contribution is -2.53. The maximum Gasteiger partial charge on any atom is 0.255 e. The summed E-state index contributed by atoms with van der Waals surface area (Å²) < 4.78 is 0. The number of piperidine rings is 2. The lowest BCUT2D eigenvalue weighted by atomic mass is 9.94. The summed E-state index contributed by atoms with van der Waals surface area (Å²) in [6, 6.07) is 22.3. The molecule has 1 aromatic heterocycles. The predicted octanol–water partition coefficient (Wildman–Crippen LogP) is 3.44. The van der Waals surface area contributed by atoms with E-state index in [4.69, 9.17) is 5.73 Å². The Labute approximate surface area is 367 Å². The van der Waals surface area contributed by atoms with Gasteiger partial charge in [-0.15, -0.1) is 10.2 Å². The summed E-state index contributed by atoms with van der Waals surface area (Å²) in [7, 11) is 1.51. The summed E-state index contributed by atoms with van der Waals surface area (Å²) in [5, 5.41) is 25.1. The van der Waals surface area contributed by atoms with E-state index < -0.39 is 17.9 Å². The number of nitrogens with two attached hydrogens (primary N) is 1. The topological polar surface area (TPSA) is 198 Å². The molecular formula is C47H56N10O6. The number of hydrogen-bond donors (Lipinski definition) is 4. The zero-order valence-corrected chi connectivity index (χ0v) is 35.7. The molecule has 0 radical (unpaired) electrons. The Balaban J connectivity index is 0.841. The fraction of sp³-hybridized carbons (Fsp3) is 0.426. The molecule has 8 rings (SSSR count). The Kier molecular flexibility index (Phi) is 13.3. The number of carbonyl (C=O) groups excluding carboxylic acids is 5. The first kappa shape index (κ1) is 43.3. The number of amides is 4. The van der Waals surface area contributed by atoms with Crippen LogP contribution in [0.3, 0.4) is 0 Å². The minimum absolute atomic E-state index is 0.0838. The zero-order valence-electron chi connectivity index (χ0n) is 35.7. The van der Waals surface area contributed by atoms with E-state index in [0.717, 1.165) is 62.5 Å². The summed E-state index contributed by atoms with van der Waals surface area (Å²) in [5.41, 5.74) is 12.0. The number of carbonyl (C=O) groups is 5. The molecule has 330 valence electrons. The molecule has 16 nitrogen and oxygen atoms in total. The largest absolute Gasteiger partial charge is 0.507 e. The summed E-state index contributed by atoms with van der Waals surface area (Å²) in [4.78, 5) is 73.3. The Bertz CT molecular complexity index is 2340. The quantitative estimate of drug-likeness (QED) is 0.113. The predicted molar refractivity (Wildman–Crippen MR) is 239 cm³/mol. The number of phenols is 1. The fourth-order valence-corrected chi connectivity index (χ4v) is 9.39. The molecular weight excluding hydrogens is 801 g/mol. The van der Waals surface area contributed by atoms with E-state index in [2.05, 4.69) is 59.8 Å². The van der Waals surface area contributed by atoms with E-state index in [0.29, 0.717) is 75.0 Å². The van der Waals surface area contributed by atoms with Gasteiger partial charge in [-0.1, -0.05) is 36.4 Å². The van der Waals surface area contributed by atoms with Crippen LogP contribution >= 0.6 is 0 Å². The molecule has 4 saturated heterocycles. The van der Waals surface area contributed by atoms with Gasteiger partial charge in [-0.2, -0.15) is 0 Å². The highest BCUT2D eigenvalue weighted by atomic mass is 16.3. The van der Waals surface area contributed by atoms with Crippen LogP contribution in [0.25, 0.3) is 11.3 Å². The molecule has 4 aliphatic rings. The maximum atomic E-state index is 13.8. The Morgan fingerprint density at radius 1 is 0.905 bits per heavy atom. The van der Waals surface area contributed by atoms with Gasteiger partial charge in [0, 0.05) is 101 Å². The van der Waals surface area contributed by atoms with Crippen molar-refractivity contribution >= 4 is 47.1 Å². The van der Waals surface area contributed by atoms with Crippen molar-refractivity contribution in [3.05, 3.63) is 95.1 Å². The monoisotopic (exact) mass is 856 g/mol. The third-order valence-electron chi connectivity index (χ3n) is 13.0. The minimum Gasteiger partial charge on any atom is -0.507 e. The maximum absolute atomic E-state index is 13.8. The molecule has 4 fully saturated rings. The van der Waals surface area contributed by atoms with Gasteiger partial charge in [0.15, 0.2) is 12.1 Å². The highest BCUT2D eigenvalue weighted by Crippen LogP contribution is 2.33. The molecule has 5 heterocycles. The normalized spacial score (nSPS) is 19.8. The number of imide groups is 1. The molecule has 0 saturated carbocycles. The number of anilines is 3. The number of aromatic nitrogens is 2. The van der Waals surface area contributed by atoms with Gasteiger partial charge < -0.3 is 35.8 Å². The number of piperazine rings is 1. The molecule has 16 heteroatoms. The number of rotatable bonds is 13. The van der Waals surface area contributed by atoms with E-state index in [1.165, 1.54) is 17.5 Å². The van der Waals surface area contributed by atoms with E-state index in [-0.39, 0.29) is 47.5 Å². The highest BCUT2D eigenvalue weighted by molar-refractivity contribution is 6.06. The number of hydrogen-bond acceptors (Lipinski definition) is 13. The van der Waals surface area contributed by atoms with Crippen LogP contribution in [0.15, 0.2) is 72.8 Å². The number of nitrogens with zero attached hydrogens (tertiary/aromatic N) is 7. The van der Waals surface area contributed by atoms with Gasteiger partial charge in [0.2, 0.25) is 17.7 Å². The molecule has 2 atom stereocenters. The third-order valence-corrected chi connectivity index (χ3v) is 13.0. The van der Waals surface area contributed by atoms with Crippen molar-refractivity contribution in [3.63, 3.8) is 0 Å². The van der Waals surface area contributed by atoms with Crippen molar-refractivity contribution < 1.29 is 29.1 Å². The van der Waals surface area contributed by atoms with Crippen LogP contribution in [-0.4, -0.2) is 131 Å². The molecule has 3 aromatic carbocycles. The molecule has 5 N–H and O–H groups in total. The van der Waals surface area contributed by atoms with Crippen molar-refractivity contribution in [2.45, 2.75) is 63.7 Å². The number of phenolic OH excluding ortho intramolecular Hbond substituents is 1. The average molecular weight is 857 g/mol. The lowest BCUT2D eigenvalue weighted by Gasteiger charge is -2.39. The summed E-state index contributed by atoms with van der Waals surface area (Å²) in [6.07, 6.45) is 4.60. The van der Waals surface area contributed by atoms with Gasteiger partial charge in [-0.05, 0) is 86.2 Å². The number of para-hydroxylation sites is 1. The van der Waals surface area contributed by atoms with Crippen molar-refractivity contribution in [3.8, 4) is 17.0 Å². The molecule has 63 heavy (non-hydrogen) atoms. The lowest BCUT2D eigenvalue weighted by molar-refractivity contribution is -0.138. The van der Waals surface area contributed by atoms with Crippen LogP contribution in [0.1, 0.15) is 70.4 Å².